The molecule has 6 heteroatoms. The van der Waals surface area contributed by atoms with E-state index in [4.69, 9.17) is 22.7 Å². The van der Waals surface area contributed by atoms with Gasteiger partial charge in [-0.3, -0.25) is 5.41 Å². The Kier molecular flexibility index (Phi) is 4.43. The molecule has 1 aromatic carbocycles. The fourth-order valence-corrected chi connectivity index (χ4v) is 2.34. The molecule has 0 saturated carbocycles. The Labute approximate surface area is 129 Å². The molecule has 21 heavy (non-hydrogen) atoms. The van der Waals surface area contributed by atoms with Crippen LogP contribution >= 0.6 is 11.6 Å². The molecular weight excluding hydrogens is 286 g/mol. The highest BCUT2D eigenvalue weighted by molar-refractivity contribution is 6.31. The van der Waals surface area contributed by atoms with Crippen molar-refractivity contribution in [3.05, 3.63) is 52.3 Å². The van der Waals surface area contributed by atoms with Crippen LogP contribution in [0.4, 0.5) is 5.95 Å². The Morgan fingerprint density at radius 3 is 2.62 bits per heavy atom. The number of aromatic nitrogens is 2. The number of hydrogen-bond acceptors (Lipinski definition) is 4. The summed E-state index contributed by atoms with van der Waals surface area (Å²) in [5.74, 6) is 0.452. The van der Waals surface area contributed by atoms with Gasteiger partial charge in [0, 0.05) is 17.8 Å². The number of nitrogens with two attached hydrogens (primary N) is 1. The Balaban J connectivity index is 2.38. The van der Waals surface area contributed by atoms with E-state index in [1.807, 2.05) is 50.1 Å². The Hall–Kier alpha value is -2.14. The maximum Gasteiger partial charge on any atom is 0.226 e. The standard InChI is InChI=1S/C15H18ClN5/c1-9-8-13(14(17)18)20-15(19-9)21(3)10(2)11-6-4-5-7-12(11)16/h4-8,10H,1-3H3,(H3,17,18). The first-order valence-electron chi connectivity index (χ1n) is 6.57. The molecule has 3 N–H and O–H groups in total. The van der Waals surface area contributed by atoms with E-state index >= 15 is 0 Å². The average Bonchev–Trinajstić information content (AvgIpc) is 2.45. The molecule has 0 aliphatic heterocycles. The van der Waals surface area contributed by atoms with Crippen molar-refractivity contribution >= 4 is 23.4 Å². The van der Waals surface area contributed by atoms with E-state index in [1.165, 1.54) is 0 Å². The van der Waals surface area contributed by atoms with Crippen molar-refractivity contribution in [1.82, 2.24) is 9.97 Å². The minimum Gasteiger partial charge on any atom is -0.382 e. The molecule has 1 heterocycles. The van der Waals surface area contributed by atoms with Crippen molar-refractivity contribution in [3.8, 4) is 0 Å². The van der Waals surface area contributed by atoms with Gasteiger partial charge in [-0.15, -0.1) is 0 Å². The lowest BCUT2D eigenvalue weighted by Crippen LogP contribution is -2.26. The number of nitrogens with one attached hydrogen (secondary N) is 1. The monoisotopic (exact) mass is 303 g/mol. The Morgan fingerprint density at radius 1 is 1.33 bits per heavy atom. The third-order valence-corrected chi connectivity index (χ3v) is 3.71. The number of hydrogen-bond donors (Lipinski definition) is 2. The van der Waals surface area contributed by atoms with Crippen LogP contribution in [0.1, 0.15) is 29.9 Å². The van der Waals surface area contributed by atoms with Crippen LogP contribution in [0.5, 0.6) is 0 Å². The van der Waals surface area contributed by atoms with Crippen LogP contribution in [0.2, 0.25) is 5.02 Å². The molecule has 0 radical (unpaired) electrons. The minimum absolute atomic E-state index is 0.000285. The predicted octanol–water partition coefficient (Wildman–Crippen LogP) is 2.92. The summed E-state index contributed by atoms with van der Waals surface area (Å²) in [4.78, 5) is 10.7. The van der Waals surface area contributed by atoms with Crippen molar-refractivity contribution in [2.24, 2.45) is 5.73 Å². The highest BCUT2D eigenvalue weighted by Gasteiger charge is 2.18. The minimum atomic E-state index is -0.0689. The molecule has 1 aromatic heterocycles. The summed E-state index contributed by atoms with van der Waals surface area (Å²) in [5, 5.41) is 8.23. The molecule has 110 valence electrons. The van der Waals surface area contributed by atoms with E-state index in [2.05, 4.69) is 9.97 Å². The van der Waals surface area contributed by atoms with Gasteiger partial charge in [0.2, 0.25) is 5.95 Å². The SMILES string of the molecule is Cc1cc(C(=N)N)nc(N(C)C(C)c2ccccc2Cl)n1. The van der Waals surface area contributed by atoms with Crippen molar-refractivity contribution in [2.45, 2.75) is 19.9 Å². The largest absolute Gasteiger partial charge is 0.382 e. The third-order valence-electron chi connectivity index (χ3n) is 3.37. The van der Waals surface area contributed by atoms with Crippen LogP contribution < -0.4 is 10.6 Å². The van der Waals surface area contributed by atoms with Crippen LogP contribution in [0, 0.1) is 12.3 Å². The molecule has 0 bridgehead atoms. The number of aryl methyl sites for hydroxylation is 1. The molecule has 5 nitrogen and oxygen atoms in total. The van der Waals surface area contributed by atoms with Gasteiger partial charge >= 0.3 is 0 Å². The fourth-order valence-electron chi connectivity index (χ4n) is 2.04. The summed E-state index contributed by atoms with van der Waals surface area (Å²) in [6, 6.07) is 9.38. The Morgan fingerprint density at radius 2 is 2.00 bits per heavy atom. The number of benzene rings is 1. The number of nitrogen functional groups attached to an aromatic ring is 1. The lowest BCUT2D eigenvalue weighted by Gasteiger charge is -2.26. The Bertz CT molecular complexity index is 671. The highest BCUT2D eigenvalue weighted by Crippen LogP contribution is 2.28. The van der Waals surface area contributed by atoms with Crippen molar-refractivity contribution < 1.29 is 0 Å². The van der Waals surface area contributed by atoms with Crippen LogP contribution in [0.15, 0.2) is 30.3 Å². The smallest absolute Gasteiger partial charge is 0.226 e. The van der Waals surface area contributed by atoms with E-state index in [9.17, 15) is 0 Å². The van der Waals surface area contributed by atoms with Crippen molar-refractivity contribution in [3.63, 3.8) is 0 Å². The van der Waals surface area contributed by atoms with E-state index in [1.54, 1.807) is 6.07 Å². The topological polar surface area (TPSA) is 78.9 Å². The van der Waals surface area contributed by atoms with E-state index < -0.39 is 0 Å². The van der Waals surface area contributed by atoms with E-state index in [0.29, 0.717) is 16.7 Å². The number of rotatable bonds is 4. The van der Waals surface area contributed by atoms with Crippen LogP contribution in [-0.2, 0) is 0 Å². The predicted molar refractivity (Wildman–Crippen MR) is 86.1 cm³/mol. The maximum atomic E-state index is 7.52. The molecule has 0 saturated heterocycles. The summed E-state index contributed by atoms with van der Waals surface area (Å²) in [5.41, 5.74) is 7.71. The molecular formula is C15H18ClN5. The van der Waals surface area contributed by atoms with E-state index in [-0.39, 0.29) is 11.9 Å². The van der Waals surface area contributed by atoms with Gasteiger partial charge in [0.1, 0.15) is 11.5 Å². The second-order valence-electron chi connectivity index (χ2n) is 4.92. The summed E-state index contributed by atoms with van der Waals surface area (Å²) >= 11 is 6.24. The van der Waals surface area contributed by atoms with Crippen molar-refractivity contribution in [1.29, 1.82) is 5.41 Å². The zero-order chi connectivity index (χ0) is 15.6. The molecule has 1 atom stereocenters. The number of amidine groups is 1. The molecule has 0 aliphatic carbocycles. The van der Waals surface area contributed by atoms with Gasteiger partial charge in [0.25, 0.3) is 0 Å². The van der Waals surface area contributed by atoms with Gasteiger partial charge < -0.3 is 10.6 Å². The van der Waals surface area contributed by atoms with E-state index in [0.717, 1.165) is 11.3 Å². The van der Waals surface area contributed by atoms with Crippen molar-refractivity contribution in [2.75, 3.05) is 11.9 Å². The summed E-state index contributed by atoms with van der Waals surface area (Å²) in [7, 11) is 1.90. The quantitative estimate of drug-likeness (QED) is 0.672. The van der Waals surface area contributed by atoms with Crippen LogP contribution in [0.25, 0.3) is 0 Å². The van der Waals surface area contributed by atoms with Gasteiger partial charge in [0.05, 0.1) is 6.04 Å². The zero-order valence-electron chi connectivity index (χ0n) is 12.3. The second-order valence-corrected chi connectivity index (χ2v) is 5.32. The van der Waals surface area contributed by atoms with Crippen LogP contribution in [0.3, 0.4) is 0 Å². The summed E-state index contributed by atoms with van der Waals surface area (Å²) in [6.45, 7) is 3.88. The summed E-state index contributed by atoms with van der Waals surface area (Å²) in [6.07, 6.45) is 0. The van der Waals surface area contributed by atoms with Crippen LogP contribution in [-0.4, -0.2) is 22.9 Å². The lowest BCUT2D eigenvalue weighted by molar-refractivity contribution is 0.712. The molecule has 2 aromatic rings. The lowest BCUT2D eigenvalue weighted by atomic mass is 10.1. The first kappa shape index (κ1) is 15.3. The molecule has 2 rings (SSSR count). The first-order chi connectivity index (χ1) is 9.90. The number of nitrogens with zero attached hydrogens (tertiary/aromatic N) is 3. The molecule has 0 spiro atoms. The fraction of sp³-hybridized carbons (Fsp3) is 0.267. The highest BCUT2D eigenvalue weighted by atomic mass is 35.5. The number of anilines is 1. The molecule has 0 aliphatic rings. The number of halogens is 1. The third kappa shape index (κ3) is 3.31. The second kappa shape index (κ2) is 6.10. The molecule has 1 unspecified atom stereocenters. The van der Waals surface area contributed by atoms with Gasteiger partial charge in [-0.2, -0.15) is 0 Å². The maximum absolute atomic E-state index is 7.52. The molecule has 0 amide bonds. The normalized spacial score (nSPS) is 12.0. The van der Waals surface area contributed by atoms with Gasteiger partial charge in [-0.1, -0.05) is 29.8 Å². The van der Waals surface area contributed by atoms with Gasteiger partial charge in [-0.05, 0) is 31.5 Å². The summed E-state index contributed by atoms with van der Waals surface area (Å²) < 4.78 is 0. The first-order valence-corrected chi connectivity index (χ1v) is 6.95. The van der Waals surface area contributed by atoms with Gasteiger partial charge in [0.15, 0.2) is 0 Å². The molecule has 0 fully saturated rings. The average molecular weight is 304 g/mol. The van der Waals surface area contributed by atoms with Gasteiger partial charge in [-0.25, -0.2) is 9.97 Å². The zero-order valence-corrected chi connectivity index (χ0v) is 13.0.